The maximum atomic E-state index is 13.9. The molecule has 0 aliphatic heterocycles. The van der Waals surface area contributed by atoms with Crippen LogP contribution in [0.2, 0.25) is 0 Å². The summed E-state index contributed by atoms with van der Waals surface area (Å²) in [6.07, 6.45) is 3.92. The molecule has 0 fully saturated rings. The molecule has 7 aromatic rings. The van der Waals surface area contributed by atoms with Crippen LogP contribution in [0.3, 0.4) is 0 Å². The summed E-state index contributed by atoms with van der Waals surface area (Å²) in [4.78, 5) is 27.2. The Kier molecular flexibility index (Phi) is 6.99. The zero-order valence-corrected chi connectivity index (χ0v) is 27.3. The van der Waals surface area contributed by atoms with Crippen molar-refractivity contribution in [1.82, 2.24) is 0 Å². The van der Waals surface area contributed by atoms with Crippen molar-refractivity contribution in [1.29, 1.82) is 0 Å². The molecule has 0 radical (unpaired) electrons. The first kappa shape index (κ1) is 29.8. The molecular weight excluding hydrogens is 617 g/mol. The van der Waals surface area contributed by atoms with Crippen molar-refractivity contribution >= 4 is 56.4 Å². The molecule has 2 aliphatic rings. The van der Waals surface area contributed by atoms with Gasteiger partial charge in [0, 0.05) is 24.0 Å². The van der Waals surface area contributed by atoms with Gasteiger partial charge in [0.25, 0.3) is 0 Å². The summed E-state index contributed by atoms with van der Waals surface area (Å²) in [5.41, 5.74) is 9.47. The van der Waals surface area contributed by atoms with Crippen molar-refractivity contribution in [2.24, 2.45) is 0 Å². The van der Waals surface area contributed by atoms with Crippen LogP contribution in [0.5, 0.6) is 0 Å². The second-order valence-electron chi connectivity index (χ2n) is 13.1. The lowest BCUT2D eigenvalue weighted by Crippen LogP contribution is -2.12. The van der Waals surface area contributed by atoms with Crippen LogP contribution in [-0.2, 0) is 22.3 Å². The van der Waals surface area contributed by atoms with E-state index in [4.69, 9.17) is 9.47 Å². The summed E-state index contributed by atoms with van der Waals surface area (Å²) >= 11 is 0. The molecule has 0 heterocycles. The lowest BCUT2D eigenvalue weighted by Gasteiger charge is -2.17. The zero-order chi connectivity index (χ0) is 33.9. The molecule has 2 unspecified atom stereocenters. The van der Waals surface area contributed by atoms with Crippen LogP contribution >= 0.6 is 0 Å². The molecule has 0 spiro atoms. The Hall–Kier alpha value is -6.26. The predicted octanol–water partition coefficient (Wildman–Crippen LogP) is 11.0. The number of benzene rings is 7. The summed E-state index contributed by atoms with van der Waals surface area (Å²) in [6, 6.07) is 40.2. The van der Waals surface area contributed by atoms with E-state index in [0.29, 0.717) is 24.0 Å². The minimum atomic E-state index is -0.425. The molecule has 9 rings (SSSR count). The molecule has 4 nitrogen and oxygen atoms in total. The van der Waals surface area contributed by atoms with E-state index in [1.54, 1.807) is 18.2 Å². The Balaban J connectivity index is 1.08. The Morgan fingerprint density at radius 3 is 2.20 bits per heavy atom. The van der Waals surface area contributed by atoms with Crippen LogP contribution in [-0.4, -0.2) is 11.9 Å². The highest BCUT2D eigenvalue weighted by atomic mass is 16.5. The Morgan fingerprint density at radius 1 is 0.620 bits per heavy atom. The third-order valence-electron chi connectivity index (χ3n) is 10.4. The lowest BCUT2D eigenvalue weighted by molar-refractivity contribution is 0.0303. The van der Waals surface area contributed by atoms with Gasteiger partial charge in [-0.3, -0.25) is 0 Å². The lowest BCUT2D eigenvalue weighted by atomic mass is 9.92. The fourth-order valence-corrected chi connectivity index (χ4v) is 8.00. The smallest absolute Gasteiger partial charge is 0.339 e. The highest BCUT2D eigenvalue weighted by molar-refractivity contribution is 6.07. The largest absolute Gasteiger partial charge is 0.454 e. The van der Waals surface area contributed by atoms with Gasteiger partial charge in [0.15, 0.2) is 0 Å². The van der Waals surface area contributed by atoms with E-state index in [2.05, 4.69) is 67.8 Å². The van der Waals surface area contributed by atoms with Crippen LogP contribution in [0.1, 0.15) is 66.3 Å². The van der Waals surface area contributed by atoms with Gasteiger partial charge < -0.3 is 9.47 Å². The molecule has 0 saturated heterocycles. The fourth-order valence-electron chi connectivity index (χ4n) is 8.00. The summed E-state index contributed by atoms with van der Waals surface area (Å²) in [5.74, 6) is -0.689. The zero-order valence-electron chi connectivity index (χ0n) is 27.3. The first-order chi connectivity index (χ1) is 24.5. The quantitative estimate of drug-likeness (QED) is 0.161. The first-order valence-electron chi connectivity index (χ1n) is 16.9. The average Bonchev–Trinajstić information content (AvgIpc) is 3.70. The van der Waals surface area contributed by atoms with Gasteiger partial charge in [0.05, 0.1) is 11.1 Å². The average molecular weight is 649 g/mol. The first-order valence-corrected chi connectivity index (χ1v) is 16.9. The van der Waals surface area contributed by atoms with Gasteiger partial charge in [-0.25, -0.2) is 9.59 Å². The minimum absolute atomic E-state index is 0.342. The van der Waals surface area contributed by atoms with E-state index >= 15 is 0 Å². The van der Waals surface area contributed by atoms with Gasteiger partial charge in [0.1, 0.15) is 12.2 Å². The fraction of sp³-hybridized carbons (Fsp3) is 0.0870. The third kappa shape index (κ3) is 4.75. The maximum Gasteiger partial charge on any atom is 0.339 e. The van der Waals surface area contributed by atoms with Crippen molar-refractivity contribution < 1.29 is 19.1 Å². The van der Waals surface area contributed by atoms with Gasteiger partial charge >= 0.3 is 11.9 Å². The monoisotopic (exact) mass is 648 g/mol. The summed E-state index contributed by atoms with van der Waals surface area (Å²) in [7, 11) is 0. The van der Waals surface area contributed by atoms with E-state index in [1.807, 2.05) is 60.7 Å². The van der Waals surface area contributed by atoms with Crippen LogP contribution in [0, 0.1) is 0 Å². The Labute approximate surface area is 289 Å². The van der Waals surface area contributed by atoms with Gasteiger partial charge in [-0.05, 0) is 96.0 Å². The van der Waals surface area contributed by atoms with Gasteiger partial charge in [-0.15, -0.1) is 0 Å². The number of ether oxygens (including phenoxy) is 2. The summed E-state index contributed by atoms with van der Waals surface area (Å²) in [6.45, 7) is 7.74. The number of esters is 2. The van der Waals surface area contributed by atoms with E-state index in [1.165, 1.54) is 5.56 Å². The van der Waals surface area contributed by atoms with E-state index in [-0.39, 0.29) is 11.9 Å². The van der Waals surface area contributed by atoms with Crippen molar-refractivity contribution in [2.75, 3.05) is 0 Å². The van der Waals surface area contributed by atoms with Crippen LogP contribution < -0.4 is 0 Å². The second kappa shape index (κ2) is 11.7. The second-order valence-corrected chi connectivity index (χ2v) is 13.1. The van der Waals surface area contributed by atoms with Gasteiger partial charge in [-0.2, -0.15) is 0 Å². The molecule has 2 atom stereocenters. The van der Waals surface area contributed by atoms with Crippen LogP contribution in [0.25, 0.3) is 55.6 Å². The Morgan fingerprint density at radius 2 is 1.38 bits per heavy atom. The molecule has 7 aromatic carbocycles. The van der Waals surface area contributed by atoms with Gasteiger partial charge in [0.2, 0.25) is 0 Å². The molecule has 0 N–H and O–H groups in total. The Bertz CT molecular complexity index is 2580. The highest BCUT2D eigenvalue weighted by Gasteiger charge is 2.32. The maximum absolute atomic E-state index is 13.9. The van der Waals surface area contributed by atoms with Crippen molar-refractivity contribution in [3.8, 4) is 11.1 Å². The molecule has 0 bridgehead atoms. The summed E-state index contributed by atoms with van der Waals surface area (Å²) < 4.78 is 12.5. The molecule has 0 amide bonds. The molecule has 50 heavy (non-hydrogen) atoms. The molecule has 4 heteroatoms. The standard InChI is InChI=1S/C46H32O4/c1-3-27-15-17-30(18-16-27)45(47)49-42-26-39-35(21-20-29-9-8-14-38(42)44(29)39)33-23-31-10-7-11-32-25-41(40(24-33)43(31)32)50-46(48)37-22-19-28(4-2)34-12-5-6-13-36(34)37/h3-24,41-42H,1-2,25-26H2. The van der Waals surface area contributed by atoms with Crippen LogP contribution in [0.4, 0.5) is 0 Å². The number of rotatable bonds is 7. The topological polar surface area (TPSA) is 52.6 Å². The van der Waals surface area contributed by atoms with E-state index < -0.39 is 12.2 Å². The number of fused-ring (bicyclic) bond motifs is 1. The molecule has 0 saturated carbocycles. The third-order valence-corrected chi connectivity index (χ3v) is 10.4. The van der Waals surface area contributed by atoms with E-state index in [0.717, 1.165) is 71.3 Å². The number of hydrogen-bond donors (Lipinski definition) is 0. The molecule has 0 aromatic heterocycles. The van der Waals surface area contributed by atoms with Crippen LogP contribution in [0.15, 0.2) is 134 Å². The normalized spacial score (nSPS) is 15.8. The van der Waals surface area contributed by atoms with E-state index in [9.17, 15) is 9.59 Å². The predicted molar refractivity (Wildman–Crippen MR) is 201 cm³/mol. The van der Waals surface area contributed by atoms with Crippen molar-refractivity contribution in [3.63, 3.8) is 0 Å². The number of carbonyl (C=O) groups is 2. The summed E-state index contributed by atoms with van der Waals surface area (Å²) in [5, 5.41) is 6.33. The highest BCUT2D eigenvalue weighted by Crippen LogP contribution is 2.47. The van der Waals surface area contributed by atoms with Crippen molar-refractivity contribution in [3.05, 3.63) is 179 Å². The number of hydrogen-bond acceptors (Lipinski definition) is 4. The molecule has 2 aliphatic carbocycles. The molecular formula is C46H32O4. The van der Waals surface area contributed by atoms with Crippen molar-refractivity contribution in [2.45, 2.75) is 25.0 Å². The molecule has 240 valence electrons. The minimum Gasteiger partial charge on any atom is -0.454 e. The number of carbonyl (C=O) groups excluding carboxylic acids is 2. The van der Waals surface area contributed by atoms with Gasteiger partial charge in [-0.1, -0.05) is 116 Å². The SMILES string of the molecule is C=Cc1ccc(C(=O)OC2Cc3c(-c4cc5c6c(cccc6c4)CC5OC(=O)c4ccc(C=C)c5ccccc45)ccc4cccc2c34)cc1.